The van der Waals surface area contributed by atoms with Gasteiger partial charge in [0.1, 0.15) is 0 Å². The average molecular weight is 361 g/mol. The molecular formula is C20H19N5O2. The number of aromatic nitrogens is 3. The summed E-state index contributed by atoms with van der Waals surface area (Å²) in [5.74, 6) is -0.321. The summed E-state index contributed by atoms with van der Waals surface area (Å²) in [6.45, 7) is 3.42. The van der Waals surface area contributed by atoms with Crippen LogP contribution < -0.4 is 5.32 Å². The van der Waals surface area contributed by atoms with Crippen LogP contribution in [0.2, 0.25) is 0 Å². The first kappa shape index (κ1) is 17.0. The molecule has 0 atom stereocenters. The van der Waals surface area contributed by atoms with Crippen molar-refractivity contribution in [3.63, 3.8) is 0 Å². The molecule has 0 spiro atoms. The number of amides is 2. The van der Waals surface area contributed by atoms with Gasteiger partial charge in [-0.3, -0.25) is 19.3 Å². The number of anilines is 1. The lowest BCUT2D eigenvalue weighted by Crippen LogP contribution is -2.38. The molecule has 0 radical (unpaired) electrons. The highest BCUT2D eigenvalue weighted by atomic mass is 16.2. The quantitative estimate of drug-likeness (QED) is 0.777. The van der Waals surface area contributed by atoms with Crippen molar-refractivity contribution in [1.82, 2.24) is 19.7 Å². The largest absolute Gasteiger partial charge is 0.331 e. The number of carbonyl (C=O) groups excluding carboxylic acids is 2. The number of para-hydroxylation sites is 1. The summed E-state index contributed by atoms with van der Waals surface area (Å²) in [6.07, 6.45) is 3.31. The number of aryl methyl sites for hydroxylation is 1. The van der Waals surface area contributed by atoms with Gasteiger partial charge in [0.25, 0.3) is 11.8 Å². The molecule has 1 aromatic carbocycles. The van der Waals surface area contributed by atoms with E-state index in [-0.39, 0.29) is 11.8 Å². The standard InChI is InChI=1S/C20H19N5O2/c1-14-9-15(12-21-11-14)20(27)24-7-8-25-17(13-24)10-18(23-25)19(26)22-16-5-3-2-4-6-16/h2-6,9-12H,7-8,13H2,1H3,(H,22,26). The van der Waals surface area contributed by atoms with Gasteiger partial charge >= 0.3 is 0 Å². The molecule has 27 heavy (non-hydrogen) atoms. The Hall–Kier alpha value is -3.48. The van der Waals surface area contributed by atoms with Crippen molar-refractivity contribution in [2.24, 2.45) is 0 Å². The third-order valence-corrected chi connectivity index (χ3v) is 4.47. The molecule has 1 aliphatic rings. The minimum absolute atomic E-state index is 0.0612. The number of benzene rings is 1. The number of carbonyl (C=O) groups is 2. The summed E-state index contributed by atoms with van der Waals surface area (Å²) in [6, 6.07) is 12.8. The van der Waals surface area contributed by atoms with Gasteiger partial charge in [0.15, 0.2) is 5.69 Å². The van der Waals surface area contributed by atoms with Crippen LogP contribution in [0.25, 0.3) is 0 Å². The summed E-state index contributed by atoms with van der Waals surface area (Å²) in [4.78, 5) is 31.0. The first-order valence-electron chi connectivity index (χ1n) is 8.74. The van der Waals surface area contributed by atoms with Gasteiger partial charge in [0.05, 0.1) is 24.3 Å². The zero-order valence-corrected chi connectivity index (χ0v) is 14.9. The summed E-state index contributed by atoms with van der Waals surface area (Å²) in [5.41, 5.74) is 3.43. The SMILES string of the molecule is Cc1cncc(C(=O)N2CCn3nc(C(=O)Nc4ccccc4)cc3C2)c1. The Morgan fingerprint density at radius 1 is 1.07 bits per heavy atom. The fourth-order valence-corrected chi connectivity index (χ4v) is 3.12. The number of nitrogens with one attached hydrogen (secondary N) is 1. The maximum atomic E-state index is 12.7. The van der Waals surface area contributed by atoms with Gasteiger partial charge in [0.2, 0.25) is 0 Å². The summed E-state index contributed by atoms with van der Waals surface area (Å²) < 4.78 is 1.79. The van der Waals surface area contributed by atoms with Crippen molar-refractivity contribution in [2.75, 3.05) is 11.9 Å². The van der Waals surface area contributed by atoms with Crippen LogP contribution in [-0.4, -0.2) is 38.0 Å². The van der Waals surface area contributed by atoms with E-state index < -0.39 is 0 Å². The molecule has 3 heterocycles. The highest BCUT2D eigenvalue weighted by Crippen LogP contribution is 2.17. The third-order valence-electron chi connectivity index (χ3n) is 4.47. The maximum Gasteiger partial charge on any atom is 0.276 e. The van der Waals surface area contributed by atoms with E-state index >= 15 is 0 Å². The molecule has 7 nitrogen and oxygen atoms in total. The van der Waals surface area contributed by atoms with Gasteiger partial charge in [-0.15, -0.1) is 0 Å². The molecule has 7 heteroatoms. The Balaban J connectivity index is 1.49. The second-order valence-electron chi connectivity index (χ2n) is 6.54. The van der Waals surface area contributed by atoms with E-state index in [9.17, 15) is 9.59 Å². The van der Waals surface area contributed by atoms with E-state index in [4.69, 9.17) is 0 Å². The highest BCUT2D eigenvalue weighted by molar-refractivity contribution is 6.03. The van der Waals surface area contributed by atoms with Gasteiger partial charge < -0.3 is 10.2 Å². The van der Waals surface area contributed by atoms with Crippen LogP contribution in [0, 0.1) is 6.92 Å². The predicted octanol–water partition coefficient (Wildman–Crippen LogP) is 2.49. The number of fused-ring (bicyclic) bond motifs is 1. The van der Waals surface area contributed by atoms with Crippen LogP contribution >= 0.6 is 0 Å². The van der Waals surface area contributed by atoms with Crippen LogP contribution in [0.5, 0.6) is 0 Å². The Morgan fingerprint density at radius 2 is 1.89 bits per heavy atom. The molecular weight excluding hydrogens is 342 g/mol. The zero-order chi connectivity index (χ0) is 18.8. The lowest BCUT2D eigenvalue weighted by atomic mass is 10.2. The van der Waals surface area contributed by atoms with Gasteiger partial charge in [-0.25, -0.2) is 0 Å². The lowest BCUT2D eigenvalue weighted by Gasteiger charge is -2.27. The Morgan fingerprint density at radius 3 is 2.67 bits per heavy atom. The van der Waals surface area contributed by atoms with Crippen molar-refractivity contribution in [3.05, 3.63) is 77.4 Å². The molecule has 2 aromatic heterocycles. The summed E-state index contributed by atoms with van der Waals surface area (Å²) in [5, 5.41) is 7.21. The van der Waals surface area contributed by atoms with E-state index in [0.29, 0.717) is 30.9 Å². The predicted molar refractivity (Wildman–Crippen MR) is 100 cm³/mol. The second kappa shape index (κ2) is 7.03. The number of hydrogen-bond acceptors (Lipinski definition) is 4. The normalized spacial score (nSPS) is 13.1. The maximum absolute atomic E-state index is 12.7. The van der Waals surface area contributed by atoms with Gasteiger partial charge in [-0.2, -0.15) is 5.10 Å². The molecule has 1 aliphatic heterocycles. The summed E-state index contributed by atoms with van der Waals surface area (Å²) in [7, 11) is 0. The summed E-state index contributed by atoms with van der Waals surface area (Å²) >= 11 is 0. The van der Waals surface area contributed by atoms with Crippen LogP contribution in [0.15, 0.2) is 54.9 Å². The van der Waals surface area contributed by atoms with Crippen molar-refractivity contribution in [1.29, 1.82) is 0 Å². The average Bonchev–Trinajstić information content (AvgIpc) is 3.12. The molecule has 2 amide bonds. The van der Waals surface area contributed by atoms with E-state index in [1.165, 1.54) is 0 Å². The Labute approximate surface area is 156 Å². The van der Waals surface area contributed by atoms with Crippen LogP contribution in [0.4, 0.5) is 5.69 Å². The molecule has 1 N–H and O–H groups in total. The first-order chi connectivity index (χ1) is 13.1. The number of nitrogens with zero attached hydrogens (tertiary/aromatic N) is 4. The van der Waals surface area contributed by atoms with Crippen molar-refractivity contribution in [3.8, 4) is 0 Å². The fraction of sp³-hybridized carbons (Fsp3) is 0.200. The Kier molecular flexibility index (Phi) is 4.42. The van der Waals surface area contributed by atoms with E-state index in [2.05, 4.69) is 15.4 Å². The molecule has 0 bridgehead atoms. The zero-order valence-electron chi connectivity index (χ0n) is 14.9. The van der Waals surface area contributed by atoms with Crippen LogP contribution in [-0.2, 0) is 13.1 Å². The molecule has 0 saturated heterocycles. The number of pyridine rings is 1. The van der Waals surface area contributed by atoms with Crippen molar-refractivity contribution < 1.29 is 9.59 Å². The number of hydrogen-bond donors (Lipinski definition) is 1. The van der Waals surface area contributed by atoms with Gasteiger partial charge in [0, 0.05) is 24.6 Å². The molecule has 136 valence electrons. The minimum atomic E-state index is -0.260. The van der Waals surface area contributed by atoms with Gasteiger partial charge in [-0.05, 0) is 36.8 Å². The Bertz CT molecular complexity index is 997. The highest BCUT2D eigenvalue weighted by Gasteiger charge is 2.25. The second-order valence-corrected chi connectivity index (χ2v) is 6.54. The molecule has 0 fully saturated rings. The molecule has 0 unspecified atom stereocenters. The molecule has 0 aliphatic carbocycles. The molecule has 4 rings (SSSR count). The smallest absolute Gasteiger partial charge is 0.276 e. The van der Waals surface area contributed by atoms with Crippen molar-refractivity contribution >= 4 is 17.5 Å². The monoisotopic (exact) mass is 361 g/mol. The molecule has 3 aromatic rings. The van der Waals surface area contributed by atoms with E-state index in [0.717, 1.165) is 16.9 Å². The van der Waals surface area contributed by atoms with Gasteiger partial charge in [-0.1, -0.05) is 18.2 Å². The van der Waals surface area contributed by atoms with Crippen LogP contribution in [0.1, 0.15) is 32.1 Å². The van der Waals surface area contributed by atoms with Crippen LogP contribution in [0.3, 0.4) is 0 Å². The van der Waals surface area contributed by atoms with E-state index in [1.807, 2.05) is 43.3 Å². The topological polar surface area (TPSA) is 80.1 Å². The lowest BCUT2D eigenvalue weighted by molar-refractivity contribution is 0.0705. The molecule has 0 saturated carbocycles. The number of rotatable bonds is 3. The fourth-order valence-electron chi connectivity index (χ4n) is 3.12. The van der Waals surface area contributed by atoms with E-state index in [1.54, 1.807) is 28.0 Å². The van der Waals surface area contributed by atoms with Crippen molar-refractivity contribution in [2.45, 2.75) is 20.0 Å². The minimum Gasteiger partial charge on any atom is -0.331 e. The third kappa shape index (κ3) is 3.57. The first-order valence-corrected chi connectivity index (χ1v) is 8.74.